The zero-order valence-corrected chi connectivity index (χ0v) is 19.7. The van der Waals surface area contributed by atoms with Crippen molar-refractivity contribution >= 4 is 55.8 Å². The number of ketones is 1. The van der Waals surface area contributed by atoms with Crippen LogP contribution < -0.4 is 5.32 Å². The maximum Gasteiger partial charge on any atom is 0.188 e. The lowest BCUT2D eigenvalue weighted by Gasteiger charge is -2.02. The Labute approximate surface area is 197 Å². The molecule has 0 radical (unpaired) electrons. The molecule has 0 unspecified atom stereocenters. The summed E-state index contributed by atoms with van der Waals surface area (Å²) in [6.07, 6.45) is 3.99. The van der Waals surface area contributed by atoms with Gasteiger partial charge in [-0.25, -0.2) is 9.97 Å². The molecule has 0 saturated heterocycles. The van der Waals surface area contributed by atoms with E-state index in [1.165, 1.54) is 22.7 Å². The van der Waals surface area contributed by atoms with E-state index in [9.17, 15) is 4.79 Å². The number of halogens is 1. The van der Waals surface area contributed by atoms with Gasteiger partial charge in [0.2, 0.25) is 0 Å². The summed E-state index contributed by atoms with van der Waals surface area (Å²) < 4.78 is 1.99. The van der Waals surface area contributed by atoms with E-state index in [4.69, 9.17) is 16.6 Å². The number of thiophene rings is 1. The maximum absolute atomic E-state index is 12.7. The molecule has 5 rings (SSSR count). The normalized spacial score (nSPS) is 11.2. The summed E-state index contributed by atoms with van der Waals surface area (Å²) in [5.74, 6) is 0.0824. The number of anilines is 2. The monoisotopic (exact) mass is 479 g/mol. The molecule has 32 heavy (non-hydrogen) atoms. The lowest BCUT2D eigenvalue weighted by Crippen LogP contribution is -2.03. The number of nitrogens with one attached hydrogen (secondary N) is 1. The predicted octanol–water partition coefficient (Wildman–Crippen LogP) is 6.35. The predicted molar refractivity (Wildman–Crippen MR) is 131 cm³/mol. The van der Waals surface area contributed by atoms with Crippen molar-refractivity contribution in [2.45, 2.75) is 20.3 Å². The van der Waals surface area contributed by atoms with Crippen LogP contribution in [0.3, 0.4) is 0 Å². The van der Waals surface area contributed by atoms with Gasteiger partial charge >= 0.3 is 0 Å². The fourth-order valence-electron chi connectivity index (χ4n) is 3.51. The minimum atomic E-state index is 0.0824. The molecule has 0 amide bonds. The quantitative estimate of drug-likeness (QED) is 0.287. The number of imidazole rings is 1. The number of hydrogen-bond donors (Lipinski definition) is 1. The van der Waals surface area contributed by atoms with Crippen LogP contribution in [0, 0.1) is 13.8 Å². The molecule has 0 bridgehead atoms. The first-order valence-electron chi connectivity index (χ1n) is 9.88. The topological polar surface area (TPSA) is 72.2 Å². The third-order valence-electron chi connectivity index (χ3n) is 5.09. The van der Waals surface area contributed by atoms with Gasteiger partial charge in [0, 0.05) is 41.0 Å². The Bertz CT molecular complexity index is 1450. The highest BCUT2D eigenvalue weighted by molar-refractivity contribution is 7.19. The summed E-state index contributed by atoms with van der Waals surface area (Å²) in [5, 5.41) is 7.60. The molecule has 1 N–H and O–H groups in total. The zero-order chi connectivity index (χ0) is 22.2. The number of aryl methyl sites for hydroxylation is 2. The van der Waals surface area contributed by atoms with Crippen molar-refractivity contribution in [3.63, 3.8) is 0 Å². The molecule has 0 saturated carbocycles. The van der Waals surface area contributed by atoms with Crippen molar-refractivity contribution in [3.8, 4) is 11.4 Å². The minimum absolute atomic E-state index is 0.0824. The molecule has 9 heteroatoms. The van der Waals surface area contributed by atoms with Crippen molar-refractivity contribution < 1.29 is 4.79 Å². The number of hydrogen-bond acceptors (Lipinski definition) is 7. The van der Waals surface area contributed by atoms with Crippen molar-refractivity contribution in [2.24, 2.45) is 0 Å². The van der Waals surface area contributed by atoms with E-state index in [0.29, 0.717) is 16.3 Å². The van der Waals surface area contributed by atoms with E-state index >= 15 is 0 Å². The van der Waals surface area contributed by atoms with E-state index in [1.807, 2.05) is 66.2 Å². The fraction of sp³-hybridized carbons (Fsp3) is 0.130. The molecular weight excluding hydrogens is 462 g/mol. The van der Waals surface area contributed by atoms with E-state index in [1.54, 1.807) is 6.20 Å². The van der Waals surface area contributed by atoms with Crippen LogP contribution in [0.1, 0.15) is 26.6 Å². The van der Waals surface area contributed by atoms with Crippen LogP contribution >= 0.6 is 34.3 Å². The van der Waals surface area contributed by atoms with Crippen molar-refractivity contribution in [1.29, 1.82) is 0 Å². The van der Waals surface area contributed by atoms with Gasteiger partial charge in [-0.1, -0.05) is 17.7 Å². The van der Waals surface area contributed by atoms with Crippen LogP contribution in [0.4, 0.5) is 10.1 Å². The number of pyridine rings is 2. The van der Waals surface area contributed by atoms with Gasteiger partial charge in [0.15, 0.2) is 10.9 Å². The highest BCUT2D eigenvalue weighted by Gasteiger charge is 2.16. The smallest absolute Gasteiger partial charge is 0.188 e. The van der Waals surface area contributed by atoms with Gasteiger partial charge in [-0.05, 0) is 43.7 Å². The maximum atomic E-state index is 12.7. The van der Waals surface area contributed by atoms with Crippen molar-refractivity contribution in [3.05, 3.63) is 81.0 Å². The summed E-state index contributed by atoms with van der Waals surface area (Å²) in [6.45, 7) is 3.88. The molecule has 0 aliphatic heterocycles. The van der Waals surface area contributed by atoms with E-state index in [-0.39, 0.29) is 5.78 Å². The highest BCUT2D eigenvalue weighted by Crippen LogP contribution is 2.32. The molecule has 0 aromatic carbocycles. The van der Waals surface area contributed by atoms with Crippen LogP contribution in [-0.2, 0) is 6.42 Å². The fourth-order valence-corrected chi connectivity index (χ4v) is 5.28. The molecular formula is C23H18ClN5OS2. The number of thiazole rings is 1. The lowest BCUT2D eigenvalue weighted by atomic mass is 10.1. The third kappa shape index (κ3) is 4.04. The number of fused-ring (bicyclic) bond motifs is 1. The van der Waals surface area contributed by atoms with E-state index in [2.05, 4.69) is 15.3 Å². The molecule has 0 aliphatic carbocycles. The standard InChI is InChI=1S/C23H18ClN5OS2/c1-13-15(4-3-8-25-13)10-18(30)19-5-6-21(32-19)28-23-27-17(12-31-23)22-14(2)26-20-11-16(24)7-9-29(20)22/h3-9,11-12H,10H2,1-2H3,(H,27,28). The van der Waals surface area contributed by atoms with Gasteiger partial charge in [0.05, 0.1) is 21.3 Å². The second-order valence-electron chi connectivity index (χ2n) is 7.29. The minimum Gasteiger partial charge on any atom is -0.323 e. The summed E-state index contributed by atoms with van der Waals surface area (Å²) >= 11 is 9.03. The average Bonchev–Trinajstić information content (AvgIpc) is 3.48. The van der Waals surface area contributed by atoms with Crippen LogP contribution in [0.15, 0.2) is 54.2 Å². The molecule has 6 nitrogen and oxygen atoms in total. The molecule has 0 aliphatic rings. The Morgan fingerprint density at radius 3 is 2.88 bits per heavy atom. The van der Waals surface area contributed by atoms with Gasteiger partial charge < -0.3 is 5.32 Å². The van der Waals surface area contributed by atoms with Gasteiger partial charge in [-0.3, -0.25) is 14.2 Å². The molecule has 0 spiro atoms. The van der Waals surface area contributed by atoms with Crippen molar-refractivity contribution in [2.75, 3.05) is 5.32 Å². The van der Waals surface area contributed by atoms with Gasteiger partial charge in [0.1, 0.15) is 11.3 Å². The van der Waals surface area contributed by atoms with E-state index in [0.717, 1.165) is 44.1 Å². The summed E-state index contributed by atoms with van der Waals surface area (Å²) in [6, 6.07) is 11.2. The summed E-state index contributed by atoms with van der Waals surface area (Å²) in [4.78, 5) is 27.0. The number of nitrogens with zero attached hydrogens (tertiary/aromatic N) is 4. The number of aromatic nitrogens is 4. The Morgan fingerprint density at radius 1 is 1.16 bits per heavy atom. The Hall–Kier alpha value is -3.07. The first kappa shape index (κ1) is 20.8. The van der Waals surface area contributed by atoms with Crippen LogP contribution in [0.5, 0.6) is 0 Å². The largest absolute Gasteiger partial charge is 0.323 e. The summed E-state index contributed by atoms with van der Waals surface area (Å²) in [7, 11) is 0. The molecule has 0 fully saturated rings. The second kappa shape index (κ2) is 8.46. The second-order valence-corrected chi connectivity index (χ2v) is 9.67. The average molecular weight is 480 g/mol. The number of carbonyl (C=O) groups is 1. The first-order valence-corrected chi connectivity index (χ1v) is 12.0. The van der Waals surface area contributed by atoms with Crippen molar-refractivity contribution in [1.82, 2.24) is 19.4 Å². The van der Waals surface area contributed by atoms with Gasteiger partial charge in [-0.15, -0.1) is 22.7 Å². The summed E-state index contributed by atoms with van der Waals surface area (Å²) in [5.41, 5.74) is 5.29. The van der Waals surface area contributed by atoms with E-state index < -0.39 is 0 Å². The number of Topliss-reactive ketones (excluding diaryl/α,β-unsaturated/α-hetero) is 1. The van der Waals surface area contributed by atoms with Gasteiger partial charge in [0.25, 0.3) is 0 Å². The first-order chi connectivity index (χ1) is 15.5. The Kier molecular flexibility index (Phi) is 5.50. The molecule has 5 aromatic heterocycles. The lowest BCUT2D eigenvalue weighted by molar-refractivity contribution is 0.0996. The number of rotatable bonds is 6. The number of carbonyl (C=O) groups excluding carboxylic acids is 1. The van der Waals surface area contributed by atoms with Gasteiger partial charge in [-0.2, -0.15) is 0 Å². The highest BCUT2D eigenvalue weighted by atomic mass is 35.5. The Morgan fingerprint density at radius 2 is 2.03 bits per heavy atom. The molecule has 5 aromatic rings. The van der Waals surface area contributed by atoms with Crippen LogP contribution in [-0.4, -0.2) is 25.1 Å². The molecule has 5 heterocycles. The van der Waals surface area contributed by atoms with Crippen LogP contribution in [0.25, 0.3) is 17.0 Å². The van der Waals surface area contributed by atoms with Crippen LogP contribution in [0.2, 0.25) is 5.02 Å². The third-order valence-corrected chi connectivity index (χ3v) is 7.12. The SMILES string of the molecule is Cc1ncccc1CC(=O)c1ccc(Nc2nc(-c3c(C)nc4cc(Cl)ccn34)cs2)s1. The Balaban J connectivity index is 1.34. The molecule has 0 atom stereocenters. The zero-order valence-electron chi connectivity index (χ0n) is 17.3. The molecule has 160 valence electrons.